The molecule has 5 heteroatoms. The monoisotopic (exact) mass is 357 g/mol. The highest BCUT2D eigenvalue weighted by Crippen LogP contribution is 2.18. The van der Waals surface area contributed by atoms with E-state index in [0.717, 1.165) is 49.9 Å². The van der Waals surface area contributed by atoms with E-state index in [9.17, 15) is 4.79 Å². The Hall–Kier alpha value is -1.91. The fraction of sp³-hybridized carbons (Fsp3) is 0.400. The van der Waals surface area contributed by atoms with Crippen molar-refractivity contribution in [2.45, 2.75) is 19.9 Å². The second-order valence-electron chi connectivity index (χ2n) is 6.72. The van der Waals surface area contributed by atoms with E-state index in [1.54, 1.807) is 6.92 Å². The first-order valence-corrected chi connectivity index (χ1v) is 9.10. The quantitative estimate of drug-likeness (QED) is 0.842. The van der Waals surface area contributed by atoms with Gasteiger partial charge < -0.3 is 4.90 Å². The summed E-state index contributed by atoms with van der Waals surface area (Å²) in [6.45, 7) is 5.96. The third kappa shape index (κ3) is 5.28. The van der Waals surface area contributed by atoms with Crippen LogP contribution in [0, 0.1) is 5.92 Å². The van der Waals surface area contributed by atoms with E-state index in [-0.39, 0.29) is 5.91 Å². The van der Waals surface area contributed by atoms with Gasteiger partial charge >= 0.3 is 0 Å². The molecule has 1 aliphatic heterocycles. The number of halogens is 1. The van der Waals surface area contributed by atoms with Crippen molar-refractivity contribution >= 4 is 17.5 Å². The van der Waals surface area contributed by atoms with Crippen LogP contribution < -0.4 is 0 Å². The average molecular weight is 358 g/mol. The number of carbonyl (C=O) groups is 1. The van der Waals surface area contributed by atoms with Gasteiger partial charge in [0, 0.05) is 56.6 Å². The van der Waals surface area contributed by atoms with E-state index in [1.807, 2.05) is 35.4 Å². The maximum Gasteiger partial charge on any atom is 0.219 e. The largest absolute Gasteiger partial charge is 0.341 e. The number of hydrogen-bond donors (Lipinski definition) is 0. The summed E-state index contributed by atoms with van der Waals surface area (Å²) in [5.41, 5.74) is 2.33. The fourth-order valence-corrected chi connectivity index (χ4v) is 3.53. The van der Waals surface area contributed by atoms with Gasteiger partial charge in [-0.2, -0.15) is 0 Å². The summed E-state index contributed by atoms with van der Waals surface area (Å²) in [4.78, 5) is 20.8. The zero-order valence-corrected chi connectivity index (χ0v) is 15.3. The van der Waals surface area contributed by atoms with Gasteiger partial charge in [0.1, 0.15) is 0 Å². The molecule has 1 aliphatic rings. The molecule has 1 aromatic heterocycles. The molecule has 0 bridgehead atoms. The summed E-state index contributed by atoms with van der Waals surface area (Å²) in [5, 5.41) is 0.760. The molecular formula is C20H24ClN3O. The van der Waals surface area contributed by atoms with Crippen molar-refractivity contribution in [2.24, 2.45) is 5.92 Å². The van der Waals surface area contributed by atoms with Crippen LogP contribution in [0.3, 0.4) is 0 Å². The maximum atomic E-state index is 11.9. The smallest absolute Gasteiger partial charge is 0.219 e. The highest BCUT2D eigenvalue weighted by Gasteiger charge is 2.24. The predicted octanol–water partition coefficient (Wildman–Crippen LogP) is 3.26. The van der Waals surface area contributed by atoms with Crippen molar-refractivity contribution in [3.63, 3.8) is 0 Å². The van der Waals surface area contributed by atoms with Crippen LogP contribution in [0.4, 0.5) is 0 Å². The van der Waals surface area contributed by atoms with E-state index in [2.05, 4.69) is 28.1 Å². The summed E-state index contributed by atoms with van der Waals surface area (Å²) in [7, 11) is 0. The van der Waals surface area contributed by atoms with Gasteiger partial charge in [-0.3, -0.25) is 14.7 Å². The zero-order chi connectivity index (χ0) is 17.6. The molecule has 2 aromatic rings. The molecule has 0 radical (unpaired) electrons. The lowest BCUT2D eigenvalue weighted by molar-refractivity contribution is -0.129. The Labute approximate surface area is 154 Å². The Morgan fingerprint density at radius 3 is 2.64 bits per heavy atom. The number of carbonyl (C=O) groups excluding carboxylic acids is 1. The van der Waals surface area contributed by atoms with E-state index in [4.69, 9.17) is 11.6 Å². The lowest BCUT2D eigenvalue weighted by Gasteiger charge is -2.24. The van der Waals surface area contributed by atoms with Crippen LogP contribution in [-0.2, 0) is 17.8 Å². The predicted molar refractivity (Wildman–Crippen MR) is 100 cm³/mol. The maximum absolute atomic E-state index is 11.9. The normalized spacial score (nSPS) is 18.8. The molecule has 2 heterocycles. The summed E-state index contributed by atoms with van der Waals surface area (Å²) in [6, 6.07) is 14.0. The molecule has 0 aliphatic carbocycles. The first-order chi connectivity index (χ1) is 12.1. The second-order valence-corrected chi connectivity index (χ2v) is 7.15. The topological polar surface area (TPSA) is 36.4 Å². The molecule has 1 aromatic carbocycles. The van der Waals surface area contributed by atoms with Gasteiger partial charge in [-0.05, 0) is 42.2 Å². The van der Waals surface area contributed by atoms with E-state index < -0.39 is 0 Å². The summed E-state index contributed by atoms with van der Waals surface area (Å²) in [5.74, 6) is 0.535. The van der Waals surface area contributed by atoms with Gasteiger partial charge in [0.05, 0.1) is 0 Å². The number of benzene rings is 1. The van der Waals surface area contributed by atoms with Crippen molar-refractivity contribution in [1.82, 2.24) is 14.8 Å². The Balaban J connectivity index is 1.71. The van der Waals surface area contributed by atoms with Crippen molar-refractivity contribution in [3.05, 3.63) is 64.9 Å². The molecule has 1 fully saturated rings. The van der Waals surface area contributed by atoms with Crippen molar-refractivity contribution < 1.29 is 4.79 Å². The molecule has 1 saturated heterocycles. The SMILES string of the molecule is CC(=O)N1CCN(Cc2ccc(Cl)cc2)C[C@@H](Cc2ccccn2)C1. The Kier molecular flexibility index (Phi) is 6.05. The molecule has 4 nitrogen and oxygen atoms in total. The van der Waals surface area contributed by atoms with Gasteiger partial charge in [-0.1, -0.05) is 29.8 Å². The van der Waals surface area contributed by atoms with Crippen LogP contribution >= 0.6 is 11.6 Å². The number of nitrogens with zero attached hydrogens (tertiary/aromatic N) is 3. The number of amides is 1. The van der Waals surface area contributed by atoms with Crippen molar-refractivity contribution in [1.29, 1.82) is 0 Å². The van der Waals surface area contributed by atoms with Gasteiger partial charge in [0.15, 0.2) is 0 Å². The number of rotatable bonds is 4. The highest BCUT2D eigenvalue weighted by atomic mass is 35.5. The standard InChI is InChI=1S/C20H24ClN3O/c1-16(25)24-11-10-23(13-17-5-7-19(21)8-6-17)14-18(15-24)12-20-4-2-3-9-22-20/h2-9,18H,10-15H2,1H3/t18-/m1/s1. The Bertz CT molecular complexity index is 690. The molecule has 0 N–H and O–H groups in total. The van der Waals surface area contributed by atoms with E-state index >= 15 is 0 Å². The zero-order valence-electron chi connectivity index (χ0n) is 14.6. The molecule has 1 atom stereocenters. The minimum Gasteiger partial charge on any atom is -0.341 e. The van der Waals surface area contributed by atoms with Gasteiger partial charge in [-0.15, -0.1) is 0 Å². The molecule has 0 spiro atoms. The first-order valence-electron chi connectivity index (χ1n) is 8.72. The molecule has 1 amide bonds. The third-order valence-electron chi connectivity index (χ3n) is 4.67. The number of aromatic nitrogens is 1. The summed E-state index contributed by atoms with van der Waals surface area (Å²) < 4.78 is 0. The van der Waals surface area contributed by atoms with Crippen LogP contribution in [0.1, 0.15) is 18.2 Å². The second kappa shape index (κ2) is 8.45. The number of hydrogen-bond acceptors (Lipinski definition) is 3. The molecule has 25 heavy (non-hydrogen) atoms. The first kappa shape index (κ1) is 17.9. The van der Waals surface area contributed by atoms with E-state index in [1.165, 1.54) is 5.56 Å². The van der Waals surface area contributed by atoms with Crippen LogP contribution in [0.25, 0.3) is 0 Å². The van der Waals surface area contributed by atoms with Crippen LogP contribution in [0.15, 0.2) is 48.7 Å². The summed E-state index contributed by atoms with van der Waals surface area (Å²) >= 11 is 5.98. The Morgan fingerprint density at radius 1 is 1.16 bits per heavy atom. The van der Waals surface area contributed by atoms with Crippen LogP contribution in [0.5, 0.6) is 0 Å². The lowest BCUT2D eigenvalue weighted by atomic mass is 10.0. The third-order valence-corrected chi connectivity index (χ3v) is 4.92. The van der Waals surface area contributed by atoms with Crippen LogP contribution in [-0.4, -0.2) is 46.9 Å². The highest BCUT2D eigenvalue weighted by molar-refractivity contribution is 6.30. The lowest BCUT2D eigenvalue weighted by Crippen LogP contribution is -2.34. The number of pyridine rings is 1. The van der Waals surface area contributed by atoms with Gasteiger partial charge in [-0.25, -0.2) is 0 Å². The molecule has 0 unspecified atom stereocenters. The fourth-order valence-electron chi connectivity index (χ4n) is 3.40. The minimum atomic E-state index is 0.152. The van der Waals surface area contributed by atoms with Crippen molar-refractivity contribution in [3.8, 4) is 0 Å². The molecule has 0 saturated carbocycles. The average Bonchev–Trinajstić information content (AvgIpc) is 2.80. The molecular weight excluding hydrogens is 334 g/mol. The van der Waals surface area contributed by atoms with Gasteiger partial charge in [0.2, 0.25) is 5.91 Å². The summed E-state index contributed by atoms with van der Waals surface area (Å²) in [6.07, 6.45) is 2.72. The molecule has 3 rings (SSSR count). The van der Waals surface area contributed by atoms with Gasteiger partial charge in [0.25, 0.3) is 0 Å². The Morgan fingerprint density at radius 2 is 1.96 bits per heavy atom. The molecule has 132 valence electrons. The van der Waals surface area contributed by atoms with Crippen molar-refractivity contribution in [2.75, 3.05) is 26.2 Å². The minimum absolute atomic E-state index is 0.152. The van der Waals surface area contributed by atoms with Crippen LogP contribution in [0.2, 0.25) is 5.02 Å². The van der Waals surface area contributed by atoms with E-state index in [0.29, 0.717) is 5.92 Å².